The van der Waals surface area contributed by atoms with Crippen molar-refractivity contribution in [1.82, 2.24) is 9.97 Å². The summed E-state index contributed by atoms with van der Waals surface area (Å²) >= 11 is 0. The third-order valence-corrected chi connectivity index (χ3v) is 3.16. The van der Waals surface area contributed by atoms with E-state index in [1.165, 1.54) is 6.21 Å². The zero-order valence-electron chi connectivity index (χ0n) is 10.1. The largest absolute Gasteiger partial charge is 0.398 e. The molecule has 5 heteroatoms. The second-order valence-corrected chi connectivity index (χ2v) is 4.31. The second-order valence-electron chi connectivity index (χ2n) is 4.31. The molecule has 0 unspecified atom stereocenters. The van der Waals surface area contributed by atoms with Crippen molar-refractivity contribution in [3.8, 4) is 11.1 Å². The van der Waals surface area contributed by atoms with E-state index in [1.54, 1.807) is 6.20 Å². The van der Waals surface area contributed by atoms with Crippen LogP contribution in [0, 0.1) is 5.41 Å². The lowest BCUT2D eigenvalue weighted by atomic mass is 10.00. The molecule has 0 fully saturated rings. The molecular formula is C14H13N5. The quantitative estimate of drug-likeness (QED) is 0.415. The predicted octanol–water partition coefficient (Wildman–Crippen LogP) is 2.39. The van der Waals surface area contributed by atoms with E-state index < -0.39 is 0 Å². The van der Waals surface area contributed by atoms with Gasteiger partial charge in [0.05, 0.1) is 0 Å². The van der Waals surface area contributed by atoms with Crippen LogP contribution >= 0.6 is 0 Å². The zero-order chi connectivity index (χ0) is 13.4. The molecule has 0 atom stereocenters. The van der Waals surface area contributed by atoms with E-state index in [4.69, 9.17) is 16.9 Å². The highest BCUT2D eigenvalue weighted by Gasteiger charge is 2.09. The number of anilines is 2. The molecule has 0 spiro atoms. The van der Waals surface area contributed by atoms with Gasteiger partial charge in [0.25, 0.3) is 0 Å². The summed E-state index contributed by atoms with van der Waals surface area (Å²) in [4.78, 5) is 7.32. The van der Waals surface area contributed by atoms with Crippen LogP contribution in [0.4, 0.5) is 11.4 Å². The Hall–Kier alpha value is -2.82. The maximum Gasteiger partial charge on any atom is 0.137 e. The minimum absolute atomic E-state index is 0.505. The first-order valence-corrected chi connectivity index (χ1v) is 5.82. The summed E-state index contributed by atoms with van der Waals surface area (Å²) in [7, 11) is 0. The molecule has 0 aliphatic carbocycles. The number of hydrogen-bond acceptors (Lipinski definition) is 4. The third kappa shape index (κ3) is 1.72. The van der Waals surface area contributed by atoms with Crippen molar-refractivity contribution in [1.29, 1.82) is 5.41 Å². The highest BCUT2D eigenvalue weighted by Crippen LogP contribution is 2.31. The highest BCUT2D eigenvalue weighted by molar-refractivity contribution is 5.98. The zero-order valence-corrected chi connectivity index (χ0v) is 10.1. The van der Waals surface area contributed by atoms with E-state index in [0.717, 1.165) is 22.2 Å². The van der Waals surface area contributed by atoms with Crippen molar-refractivity contribution >= 4 is 28.6 Å². The molecule has 3 rings (SSSR count). The number of benzene rings is 1. The van der Waals surface area contributed by atoms with Gasteiger partial charge in [0.15, 0.2) is 0 Å². The molecule has 0 radical (unpaired) electrons. The Kier molecular flexibility index (Phi) is 2.45. The van der Waals surface area contributed by atoms with Gasteiger partial charge in [-0.25, -0.2) is 4.98 Å². The van der Waals surface area contributed by atoms with Crippen LogP contribution in [0.25, 0.3) is 22.2 Å². The van der Waals surface area contributed by atoms with E-state index in [-0.39, 0.29) is 0 Å². The second kappa shape index (κ2) is 4.13. The molecule has 6 N–H and O–H groups in total. The predicted molar refractivity (Wildman–Crippen MR) is 78.2 cm³/mol. The Bertz CT molecular complexity index is 749. The number of nitrogen functional groups attached to an aromatic ring is 2. The number of H-pyrrole nitrogens is 1. The summed E-state index contributed by atoms with van der Waals surface area (Å²) in [5.74, 6) is 0. The maximum absolute atomic E-state index is 7.31. The SMILES string of the molecule is N=Cc1c(N)cc(-c2ccnc3[nH]ccc23)cc1N. The number of nitrogens with zero attached hydrogens (tertiary/aromatic N) is 1. The molecule has 0 saturated carbocycles. The van der Waals surface area contributed by atoms with Gasteiger partial charge in [-0.15, -0.1) is 0 Å². The Balaban J connectivity index is 2.27. The summed E-state index contributed by atoms with van der Waals surface area (Å²) in [6, 6.07) is 7.56. The fourth-order valence-corrected chi connectivity index (χ4v) is 2.23. The van der Waals surface area contributed by atoms with Crippen LogP contribution < -0.4 is 11.5 Å². The Morgan fingerprint density at radius 2 is 1.89 bits per heavy atom. The van der Waals surface area contributed by atoms with E-state index in [0.29, 0.717) is 16.9 Å². The average molecular weight is 251 g/mol. The minimum Gasteiger partial charge on any atom is -0.398 e. The number of aromatic amines is 1. The number of rotatable bonds is 2. The molecule has 0 aliphatic rings. The first kappa shape index (κ1) is 11.3. The molecule has 0 aliphatic heterocycles. The number of aromatic nitrogens is 2. The lowest BCUT2D eigenvalue weighted by Gasteiger charge is -2.09. The Morgan fingerprint density at radius 1 is 1.16 bits per heavy atom. The van der Waals surface area contributed by atoms with E-state index in [2.05, 4.69) is 9.97 Å². The van der Waals surface area contributed by atoms with Gasteiger partial charge in [-0.2, -0.15) is 0 Å². The molecule has 19 heavy (non-hydrogen) atoms. The Labute approximate surface area is 109 Å². The molecule has 5 nitrogen and oxygen atoms in total. The van der Waals surface area contributed by atoms with E-state index in [1.807, 2.05) is 30.5 Å². The van der Waals surface area contributed by atoms with Crippen molar-refractivity contribution in [3.05, 3.63) is 42.2 Å². The van der Waals surface area contributed by atoms with Crippen molar-refractivity contribution in [2.45, 2.75) is 0 Å². The van der Waals surface area contributed by atoms with Gasteiger partial charge in [-0.3, -0.25) is 0 Å². The lowest BCUT2D eigenvalue weighted by molar-refractivity contribution is 1.33. The monoisotopic (exact) mass is 251 g/mol. The van der Waals surface area contributed by atoms with Crippen LogP contribution in [-0.2, 0) is 0 Å². The van der Waals surface area contributed by atoms with Gasteiger partial charge in [0.1, 0.15) is 5.65 Å². The smallest absolute Gasteiger partial charge is 0.137 e. The maximum atomic E-state index is 7.31. The first-order chi connectivity index (χ1) is 9.20. The van der Waals surface area contributed by atoms with Gasteiger partial charge in [0.2, 0.25) is 0 Å². The summed E-state index contributed by atoms with van der Waals surface area (Å²) in [5.41, 5.74) is 16.2. The number of nitrogens with one attached hydrogen (secondary N) is 2. The molecule has 0 saturated heterocycles. The first-order valence-electron chi connectivity index (χ1n) is 5.82. The average Bonchev–Trinajstić information content (AvgIpc) is 2.86. The van der Waals surface area contributed by atoms with Gasteiger partial charge < -0.3 is 21.9 Å². The fraction of sp³-hybridized carbons (Fsp3) is 0. The number of fused-ring (bicyclic) bond motifs is 1. The van der Waals surface area contributed by atoms with Crippen molar-refractivity contribution < 1.29 is 0 Å². The van der Waals surface area contributed by atoms with Crippen LogP contribution in [-0.4, -0.2) is 16.2 Å². The highest BCUT2D eigenvalue weighted by atomic mass is 14.8. The summed E-state index contributed by atoms with van der Waals surface area (Å²) in [6.45, 7) is 0. The number of hydrogen-bond donors (Lipinski definition) is 4. The summed E-state index contributed by atoms with van der Waals surface area (Å²) in [6.07, 6.45) is 4.76. The summed E-state index contributed by atoms with van der Waals surface area (Å²) < 4.78 is 0. The van der Waals surface area contributed by atoms with Crippen molar-refractivity contribution in [2.24, 2.45) is 0 Å². The summed E-state index contributed by atoms with van der Waals surface area (Å²) in [5, 5.41) is 8.32. The molecular weight excluding hydrogens is 238 g/mol. The van der Waals surface area contributed by atoms with Crippen LogP contribution in [0.15, 0.2) is 36.7 Å². The number of nitrogens with two attached hydrogens (primary N) is 2. The van der Waals surface area contributed by atoms with Crippen molar-refractivity contribution in [2.75, 3.05) is 11.5 Å². The normalized spacial score (nSPS) is 10.7. The van der Waals surface area contributed by atoms with E-state index >= 15 is 0 Å². The number of pyridine rings is 1. The van der Waals surface area contributed by atoms with Gasteiger partial charge in [0, 0.05) is 40.9 Å². The third-order valence-electron chi connectivity index (χ3n) is 3.16. The standard InChI is InChI=1S/C14H13N5/c15-7-11-12(16)5-8(6-13(11)17)9-1-3-18-14-10(9)2-4-19-14/h1-7,15H,16-17H2,(H,18,19). The van der Waals surface area contributed by atoms with Crippen LogP contribution in [0.1, 0.15) is 5.56 Å². The van der Waals surface area contributed by atoms with Crippen molar-refractivity contribution in [3.63, 3.8) is 0 Å². The van der Waals surface area contributed by atoms with Gasteiger partial charge >= 0.3 is 0 Å². The topological polar surface area (TPSA) is 105 Å². The molecule has 0 bridgehead atoms. The van der Waals surface area contributed by atoms with Crippen LogP contribution in [0.2, 0.25) is 0 Å². The van der Waals surface area contributed by atoms with E-state index in [9.17, 15) is 0 Å². The van der Waals surface area contributed by atoms with Crippen LogP contribution in [0.5, 0.6) is 0 Å². The molecule has 1 aromatic carbocycles. The molecule has 2 heterocycles. The Morgan fingerprint density at radius 3 is 2.58 bits per heavy atom. The van der Waals surface area contributed by atoms with Gasteiger partial charge in [-0.1, -0.05) is 0 Å². The minimum atomic E-state index is 0.505. The van der Waals surface area contributed by atoms with Gasteiger partial charge in [-0.05, 0) is 35.4 Å². The molecule has 0 amide bonds. The molecule has 3 aromatic rings. The lowest BCUT2D eigenvalue weighted by Crippen LogP contribution is -2.00. The van der Waals surface area contributed by atoms with Crippen LogP contribution in [0.3, 0.4) is 0 Å². The molecule has 94 valence electrons. The molecule has 2 aromatic heterocycles. The fourth-order valence-electron chi connectivity index (χ4n) is 2.23.